The van der Waals surface area contributed by atoms with E-state index in [1.165, 1.54) is 12.1 Å². The second kappa shape index (κ2) is 8.73. The fourth-order valence-electron chi connectivity index (χ4n) is 2.87. The molecule has 27 heavy (non-hydrogen) atoms. The lowest BCUT2D eigenvalue weighted by Gasteiger charge is -2.09. The fraction of sp³-hybridized carbons (Fsp3) is 0.250. The van der Waals surface area contributed by atoms with Crippen LogP contribution in [0.2, 0.25) is 0 Å². The van der Waals surface area contributed by atoms with Crippen LogP contribution >= 0.6 is 12.2 Å². The predicted molar refractivity (Wildman–Crippen MR) is 105 cm³/mol. The maximum Gasteiger partial charge on any atom is 0.221 e. The number of carbonyl (C=O) groups is 1. The molecule has 0 unspecified atom stereocenters. The molecule has 5 nitrogen and oxygen atoms in total. The molecule has 3 rings (SSSR count). The van der Waals surface area contributed by atoms with Gasteiger partial charge in [-0.05, 0) is 49.3 Å². The SMILES string of the molecule is Cc1cccc(-c2n[nH]c(=S)n2CCC(=O)NCCc2cccc(F)c2)c1. The number of aromatic amines is 1. The molecule has 7 heteroatoms. The van der Waals surface area contributed by atoms with Gasteiger partial charge in [-0.1, -0.05) is 35.9 Å². The van der Waals surface area contributed by atoms with Crippen molar-refractivity contribution < 1.29 is 9.18 Å². The van der Waals surface area contributed by atoms with Crippen molar-refractivity contribution in [2.24, 2.45) is 0 Å². The minimum Gasteiger partial charge on any atom is -0.356 e. The summed E-state index contributed by atoms with van der Waals surface area (Å²) in [7, 11) is 0. The molecule has 2 aromatic carbocycles. The van der Waals surface area contributed by atoms with Gasteiger partial charge in [-0.3, -0.25) is 14.5 Å². The van der Waals surface area contributed by atoms with E-state index in [9.17, 15) is 9.18 Å². The molecule has 0 radical (unpaired) electrons. The van der Waals surface area contributed by atoms with Gasteiger partial charge >= 0.3 is 0 Å². The summed E-state index contributed by atoms with van der Waals surface area (Å²) in [6.07, 6.45) is 0.874. The van der Waals surface area contributed by atoms with Crippen LogP contribution < -0.4 is 5.32 Å². The van der Waals surface area contributed by atoms with E-state index in [1.807, 2.05) is 41.8 Å². The summed E-state index contributed by atoms with van der Waals surface area (Å²) in [4.78, 5) is 12.1. The van der Waals surface area contributed by atoms with Crippen LogP contribution in [0, 0.1) is 17.5 Å². The van der Waals surface area contributed by atoms with Crippen molar-refractivity contribution in [3.8, 4) is 11.4 Å². The second-order valence-electron chi connectivity index (χ2n) is 6.35. The lowest BCUT2D eigenvalue weighted by Crippen LogP contribution is -2.26. The second-order valence-corrected chi connectivity index (χ2v) is 6.74. The fourth-order valence-corrected chi connectivity index (χ4v) is 3.09. The van der Waals surface area contributed by atoms with Gasteiger partial charge in [-0.2, -0.15) is 5.10 Å². The number of aryl methyl sites for hydroxylation is 1. The van der Waals surface area contributed by atoms with Crippen molar-refractivity contribution in [1.82, 2.24) is 20.1 Å². The maximum absolute atomic E-state index is 13.2. The van der Waals surface area contributed by atoms with Crippen LogP contribution in [0.4, 0.5) is 4.39 Å². The average Bonchev–Trinajstić information content (AvgIpc) is 3.01. The largest absolute Gasteiger partial charge is 0.356 e. The van der Waals surface area contributed by atoms with Crippen LogP contribution in [0.5, 0.6) is 0 Å². The van der Waals surface area contributed by atoms with Gasteiger partial charge in [-0.15, -0.1) is 0 Å². The standard InChI is InChI=1S/C20H21FN4OS/c1-14-4-2-6-16(12-14)19-23-24-20(27)25(19)11-9-18(26)22-10-8-15-5-3-7-17(21)13-15/h2-7,12-13H,8-11H2,1H3,(H,22,26)(H,24,27). The van der Waals surface area contributed by atoms with Gasteiger partial charge in [0.2, 0.25) is 5.91 Å². The zero-order valence-corrected chi connectivity index (χ0v) is 15.9. The van der Waals surface area contributed by atoms with Crippen LogP contribution in [0.3, 0.4) is 0 Å². The number of aromatic nitrogens is 3. The first-order valence-corrected chi connectivity index (χ1v) is 9.17. The molecule has 2 N–H and O–H groups in total. The number of carbonyl (C=O) groups excluding carboxylic acids is 1. The van der Waals surface area contributed by atoms with Gasteiger partial charge < -0.3 is 5.32 Å². The van der Waals surface area contributed by atoms with Gasteiger partial charge in [0.05, 0.1) is 0 Å². The van der Waals surface area contributed by atoms with Crippen molar-refractivity contribution in [2.75, 3.05) is 6.54 Å². The summed E-state index contributed by atoms with van der Waals surface area (Å²) in [6, 6.07) is 14.4. The Morgan fingerprint density at radius 2 is 2.07 bits per heavy atom. The first-order chi connectivity index (χ1) is 13.0. The number of amides is 1. The summed E-state index contributed by atoms with van der Waals surface area (Å²) in [5.41, 5.74) is 2.94. The lowest BCUT2D eigenvalue weighted by molar-refractivity contribution is -0.121. The van der Waals surface area contributed by atoms with E-state index in [-0.39, 0.29) is 18.1 Å². The zero-order chi connectivity index (χ0) is 19.2. The summed E-state index contributed by atoms with van der Waals surface area (Å²) in [5, 5.41) is 9.95. The van der Waals surface area contributed by atoms with Crippen LogP contribution in [-0.2, 0) is 17.8 Å². The molecule has 0 fully saturated rings. The van der Waals surface area contributed by atoms with Crippen LogP contribution in [0.25, 0.3) is 11.4 Å². The molecule has 0 atom stereocenters. The average molecular weight is 384 g/mol. The number of benzene rings is 2. The smallest absolute Gasteiger partial charge is 0.221 e. The molecule has 3 aromatic rings. The van der Waals surface area contributed by atoms with Crippen molar-refractivity contribution >= 4 is 18.1 Å². The topological polar surface area (TPSA) is 62.7 Å². The molecule has 1 amide bonds. The Morgan fingerprint density at radius 3 is 2.85 bits per heavy atom. The van der Waals surface area contributed by atoms with Gasteiger partial charge in [0, 0.05) is 25.1 Å². The highest BCUT2D eigenvalue weighted by Gasteiger charge is 2.11. The molecular weight excluding hydrogens is 363 g/mol. The summed E-state index contributed by atoms with van der Waals surface area (Å²) in [5.74, 6) is 0.373. The van der Waals surface area contributed by atoms with Gasteiger partial charge in [-0.25, -0.2) is 4.39 Å². The monoisotopic (exact) mass is 384 g/mol. The molecule has 140 valence electrons. The van der Waals surface area contributed by atoms with Crippen LogP contribution in [-0.4, -0.2) is 27.2 Å². The summed E-state index contributed by atoms with van der Waals surface area (Å²) < 4.78 is 15.5. The quantitative estimate of drug-likeness (QED) is 0.609. The molecule has 0 aliphatic carbocycles. The Morgan fingerprint density at radius 1 is 1.26 bits per heavy atom. The van der Waals surface area contributed by atoms with E-state index in [1.54, 1.807) is 6.07 Å². The highest BCUT2D eigenvalue weighted by molar-refractivity contribution is 7.71. The van der Waals surface area contributed by atoms with Crippen molar-refractivity contribution in [3.63, 3.8) is 0 Å². The zero-order valence-electron chi connectivity index (χ0n) is 15.0. The van der Waals surface area contributed by atoms with Crippen molar-refractivity contribution in [2.45, 2.75) is 26.3 Å². The van der Waals surface area contributed by atoms with Crippen molar-refractivity contribution in [3.05, 3.63) is 70.2 Å². The minimum atomic E-state index is -0.267. The third-order valence-electron chi connectivity index (χ3n) is 4.22. The van der Waals surface area contributed by atoms with E-state index in [4.69, 9.17) is 12.2 Å². The van der Waals surface area contributed by atoms with E-state index < -0.39 is 0 Å². The number of hydrogen-bond acceptors (Lipinski definition) is 3. The Kier molecular flexibility index (Phi) is 6.13. The molecule has 0 bridgehead atoms. The van der Waals surface area contributed by atoms with E-state index in [0.29, 0.717) is 24.3 Å². The lowest BCUT2D eigenvalue weighted by atomic mass is 10.1. The third kappa shape index (κ3) is 5.10. The highest BCUT2D eigenvalue weighted by Crippen LogP contribution is 2.18. The molecule has 0 aliphatic heterocycles. The Labute approximate surface area is 162 Å². The Bertz CT molecular complexity index is 995. The number of hydrogen-bond donors (Lipinski definition) is 2. The number of rotatable bonds is 7. The molecular formula is C20H21FN4OS. The predicted octanol–water partition coefficient (Wildman–Crippen LogP) is 3.80. The highest BCUT2D eigenvalue weighted by atomic mass is 32.1. The number of H-pyrrole nitrogens is 1. The van der Waals surface area contributed by atoms with Gasteiger partial charge in [0.15, 0.2) is 10.6 Å². The normalized spacial score (nSPS) is 10.7. The molecule has 0 spiro atoms. The Hall–Kier alpha value is -2.80. The van der Waals surface area contributed by atoms with Gasteiger partial charge in [0.25, 0.3) is 0 Å². The van der Waals surface area contributed by atoms with Crippen molar-refractivity contribution in [1.29, 1.82) is 0 Å². The molecule has 0 saturated carbocycles. The first kappa shape index (κ1) is 19.0. The van der Waals surface area contributed by atoms with Crippen LogP contribution in [0.1, 0.15) is 17.5 Å². The maximum atomic E-state index is 13.2. The molecule has 0 saturated heterocycles. The van der Waals surface area contributed by atoms with E-state index in [2.05, 4.69) is 15.5 Å². The van der Waals surface area contributed by atoms with E-state index in [0.717, 1.165) is 22.5 Å². The van der Waals surface area contributed by atoms with E-state index >= 15 is 0 Å². The number of halogens is 1. The summed E-state index contributed by atoms with van der Waals surface area (Å²) in [6.45, 7) is 2.91. The minimum absolute atomic E-state index is 0.0790. The molecule has 0 aliphatic rings. The van der Waals surface area contributed by atoms with Gasteiger partial charge in [0.1, 0.15) is 5.82 Å². The van der Waals surface area contributed by atoms with Crippen LogP contribution in [0.15, 0.2) is 48.5 Å². The molecule has 1 aromatic heterocycles. The summed E-state index contributed by atoms with van der Waals surface area (Å²) >= 11 is 5.30. The molecule has 1 heterocycles. The number of nitrogens with zero attached hydrogens (tertiary/aromatic N) is 2. The Balaban J connectivity index is 1.56. The number of nitrogens with one attached hydrogen (secondary N) is 2. The third-order valence-corrected chi connectivity index (χ3v) is 4.53. The first-order valence-electron chi connectivity index (χ1n) is 8.76.